The zero-order valence-corrected chi connectivity index (χ0v) is 20.9. The molecule has 0 aromatic heterocycles. The predicted octanol–water partition coefficient (Wildman–Crippen LogP) is 5.16. The minimum Gasteiger partial charge on any atom is -0.504 e. The second-order valence-corrected chi connectivity index (χ2v) is 10.8. The summed E-state index contributed by atoms with van der Waals surface area (Å²) in [5, 5.41) is 10.6. The van der Waals surface area contributed by atoms with Crippen LogP contribution in [0.3, 0.4) is 0 Å². The van der Waals surface area contributed by atoms with Crippen molar-refractivity contribution >= 4 is 6.16 Å². The highest BCUT2D eigenvalue weighted by molar-refractivity contribution is 5.64. The molecule has 2 aliphatic heterocycles. The summed E-state index contributed by atoms with van der Waals surface area (Å²) in [5.74, 6) is 1.01. The number of unbranched alkanes of at least 4 members (excludes halogenated alkanes) is 3. The Labute approximate surface area is 212 Å². The van der Waals surface area contributed by atoms with Crippen LogP contribution in [0.1, 0.15) is 48.8 Å². The molecule has 4 aliphatic rings. The molecular weight excluding hydrogens is 454 g/mol. The quantitative estimate of drug-likeness (QED) is 0.314. The monoisotopic (exact) mass is 489 g/mol. The number of ether oxygens (including phenoxy) is 3. The third-order valence-electron chi connectivity index (χ3n) is 8.79. The lowest BCUT2D eigenvalue weighted by molar-refractivity contribution is -0.0634. The Morgan fingerprint density at radius 1 is 1.11 bits per heavy atom. The highest BCUT2D eigenvalue weighted by Gasteiger charge is 2.65. The minimum atomic E-state index is -0.645. The number of piperidine rings is 1. The van der Waals surface area contributed by atoms with Crippen molar-refractivity contribution in [1.82, 2.24) is 4.90 Å². The Morgan fingerprint density at radius 2 is 1.94 bits per heavy atom. The third kappa shape index (κ3) is 3.86. The van der Waals surface area contributed by atoms with E-state index in [4.69, 9.17) is 14.2 Å². The van der Waals surface area contributed by atoms with E-state index < -0.39 is 12.3 Å². The Morgan fingerprint density at radius 3 is 2.81 bits per heavy atom. The highest BCUT2D eigenvalue weighted by atomic mass is 16.7. The average molecular weight is 490 g/mol. The van der Waals surface area contributed by atoms with Gasteiger partial charge in [-0.3, -0.25) is 0 Å². The number of benzene rings is 2. The maximum absolute atomic E-state index is 12.6. The Hall–Kier alpha value is -2.99. The van der Waals surface area contributed by atoms with Crippen molar-refractivity contribution < 1.29 is 24.1 Å². The van der Waals surface area contributed by atoms with E-state index >= 15 is 0 Å². The number of phenols is 1. The number of phenolic OH excluding ortho intramolecular Hbond substituents is 1. The van der Waals surface area contributed by atoms with Gasteiger partial charge in [0.25, 0.3) is 0 Å². The summed E-state index contributed by atoms with van der Waals surface area (Å²) in [4.78, 5) is 15.0. The molecule has 36 heavy (non-hydrogen) atoms. The summed E-state index contributed by atoms with van der Waals surface area (Å²) in [6, 6.07) is 14.7. The fraction of sp³-hybridized carbons (Fsp3) is 0.500. The van der Waals surface area contributed by atoms with Crippen molar-refractivity contribution in [2.75, 3.05) is 20.2 Å². The van der Waals surface area contributed by atoms with E-state index in [2.05, 4.69) is 42.3 Å². The lowest BCUT2D eigenvalue weighted by Crippen LogP contribution is -2.65. The van der Waals surface area contributed by atoms with E-state index in [0.717, 1.165) is 57.1 Å². The fourth-order valence-electron chi connectivity index (χ4n) is 7.05. The van der Waals surface area contributed by atoms with Gasteiger partial charge < -0.3 is 24.2 Å². The first-order valence-corrected chi connectivity index (χ1v) is 13.4. The molecule has 0 saturated carbocycles. The molecule has 2 bridgehead atoms. The molecule has 1 N–H and O–H groups in total. The lowest BCUT2D eigenvalue weighted by atomic mass is 9.53. The molecule has 5 atom stereocenters. The smallest absolute Gasteiger partial charge is 0.504 e. The first kappa shape index (κ1) is 23.4. The van der Waals surface area contributed by atoms with Gasteiger partial charge in [-0.25, -0.2) is 4.79 Å². The van der Waals surface area contributed by atoms with Crippen LogP contribution in [0.2, 0.25) is 0 Å². The van der Waals surface area contributed by atoms with E-state index in [9.17, 15) is 9.90 Å². The first-order chi connectivity index (χ1) is 17.6. The molecule has 0 amide bonds. The van der Waals surface area contributed by atoms with Gasteiger partial charge in [0.2, 0.25) is 0 Å². The summed E-state index contributed by atoms with van der Waals surface area (Å²) in [6.07, 6.45) is 9.66. The van der Waals surface area contributed by atoms with Gasteiger partial charge in [-0.2, -0.15) is 0 Å². The molecule has 2 aliphatic carbocycles. The molecule has 190 valence electrons. The van der Waals surface area contributed by atoms with Crippen LogP contribution in [0.15, 0.2) is 54.6 Å². The zero-order chi connectivity index (χ0) is 24.7. The second-order valence-electron chi connectivity index (χ2n) is 10.8. The third-order valence-corrected chi connectivity index (χ3v) is 8.79. The average Bonchev–Trinajstić information content (AvgIpc) is 3.24. The molecule has 2 aromatic rings. The van der Waals surface area contributed by atoms with Crippen molar-refractivity contribution in [3.63, 3.8) is 0 Å². The molecule has 1 saturated heterocycles. The van der Waals surface area contributed by atoms with Crippen molar-refractivity contribution in [1.29, 1.82) is 0 Å². The van der Waals surface area contributed by atoms with Gasteiger partial charge in [-0.1, -0.05) is 55.3 Å². The number of likely N-dealkylation sites (N-methyl/N-ethyl adjacent to an activating group) is 1. The summed E-state index contributed by atoms with van der Waals surface area (Å²) in [6.45, 7) is 1.31. The molecule has 6 nitrogen and oxygen atoms in total. The molecule has 2 aromatic carbocycles. The topological polar surface area (TPSA) is 68.2 Å². The molecule has 0 radical (unpaired) electrons. The number of hydrogen-bond donors (Lipinski definition) is 1. The molecular formula is C30H35NO5. The number of rotatable bonds is 8. The Balaban J connectivity index is 1.06. The maximum atomic E-state index is 12.6. The van der Waals surface area contributed by atoms with E-state index in [1.54, 1.807) is 6.07 Å². The predicted molar refractivity (Wildman–Crippen MR) is 136 cm³/mol. The van der Waals surface area contributed by atoms with Gasteiger partial charge in [0.1, 0.15) is 6.10 Å². The molecule has 1 fully saturated rings. The van der Waals surface area contributed by atoms with Crippen LogP contribution < -0.4 is 4.74 Å². The number of nitrogens with zero attached hydrogens (tertiary/aromatic N) is 1. The molecule has 2 heterocycles. The van der Waals surface area contributed by atoms with Crippen LogP contribution in [0.25, 0.3) is 0 Å². The SMILES string of the molecule is CN1CCC23c4c5ccc(O)c4OC2C(OC(=O)OCCCCCCc2ccccc2)C=CC3C1C5. The molecule has 5 unspecified atom stereocenters. The van der Waals surface area contributed by atoms with Crippen molar-refractivity contribution in [3.8, 4) is 11.5 Å². The summed E-state index contributed by atoms with van der Waals surface area (Å²) in [5.41, 5.74) is 3.45. The van der Waals surface area contributed by atoms with Crippen LogP contribution in [0, 0.1) is 5.92 Å². The first-order valence-electron chi connectivity index (χ1n) is 13.4. The molecule has 6 rings (SSSR count). The van der Waals surface area contributed by atoms with Crippen molar-refractivity contribution in [2.45, 2.75) is 68.6 Å². The zero-order valence-electron chi connectivity index (χ0n) is 20.9. The van der Waals surface area contributed by atoms with Crippen LogP contribution in [-0.2, 0) is 27.7 Å². The number of carbonyl (C=O) groups is 1. The van der Waals surface area contributed by atoms with Gasteiger partial charge in [0, 0.05) is 22.9 Å². The van der Waals surface area contributed by atoms with Gasteiger partial charge in [-0.15, -0.1) is 0 Å². The van der Waals surface area contributed by atoms with Crippen LogP contribution in [0.4, 0.5) is 4.79 Å². The van der Waals surface area contributed by atoms with E-state index in [1.807, 2.05) is 18.2 Å². The number of likely N-dealkylation sites (tertiary alicyclic amines) is 1. The van der Waals surface area contributed by atoms with Gasteiger partial charge in [-0.05, 0) is 69.0 Å². The lowest BCUT2D eigenvalue weighted by Gasteiger charge is -2.56. The normalized spacial score (nSPS) is 29.4. The van der Waals surface area contributed by atoms with E-state index in [0.29, 0.717) is 18.4 Å². The molecule has 1 spiro atoms. The molecule has 6 heteroatoms. The van der Waals surface area contributed by atoms with Crippen molar-refractivity contribution in [3.05, 3.63) is 71.3 Å². The number of carbonyl (C=O) groups excluding carboxylic acids is 1. The fourth-order valence-corrected chi connectivity index (χ4v) is 7.05. The van der Waals surface area contributed by atoms with Gasteiger partial charge in [0.15, 0.2) is 17.6 Å². The largest absolute Gasteiger partial charge is 0.508 e. The highest BCUT2D eigenvalue weighted by Crippen LogP contribution is 2.62. The van der Waals surface area contributed by atoms with Crippen LogP contribution >= 0.6 is 0 Å². The van der Waals surface area contributed by atoms with Crippen molar-refractivity contribution in [2.24, 2.45) is 5.92 Å². The summed E-state index contributed by atoms with van der Waals surface area (Å²) >= 11 is 0. The number of aryl methyl sites for hydroxylation is 1. The maximum Gasteiger partial charge on any atom is 0.508 e. The van der Waals surface area contributed by atoms with Gasteiger partial charge >= 0.3 is 6.16 Å². The minimum absolute atomic E-state index is 0.169. The van der Waals surface area contributed by atoms with Crippen LogP contribution in [-0.4, -0.2) is 54.6 Å². The van der Waals surface area contributed by atoms with E-state index in [1.165, 1.54) is 11.1 Å². The standard InChI is InChI=1S/C30H35NO5/c1-31-17-16-30-22-13-15-25(28(30)36-27-24(32)14-12-21(26(27)30)19-23(22)31)35-29(33)34-18-8-3-2-5-9-20-10-6-4-7-11-20/h4,6-7,10-15,22-23,25,28,32H,2-3,5,8-9,16-19H2,1H3. The van der Waals surface area contributed by atoms with Crippen LogP contribution in [0.5, 0.6) is 11.5 Å². The Kier molecular flexibility index (Phi) is 6.16. The number of hydrogen-bond acceptors (Lipinski definition) is 6. The Bertz CT molecular complexity index is 1150. The van der Waals surface area contributed by atoms with E-state index in [-0.39, 0.29) is 23.2 Å². The summed E-state index contributed by atoms with van der Waals surface area (Å²) < 4.78 is 17.7. The number of aromatic hydroxyl groups is 1. The summed E-state index contributed by atoms with van der Waals surface area (Å²) in [7, 11) is 2.18. The van der Waals surface area contributed by atoms with Gasteiger partial charge in [0.05, 0.1) is 6.61 Å². The second kappa shape index (κ2) is 9.47.